The monoisotopic (exact) mass is 456 g/mol. The Labute approximate surface area is 198 Å². The molecule has 0 bridgehead atoms. The van der Waals surface area contributed by atoms with Crippen molar-refractivity contribution in [2.45, 2.75) is 90.1 Å². The minimum absolute atomic E-state index is 0.596. The Kier molecular flexibility index (Phi) is 8.20. The van der Waals surface area contributed by atoms with Gasteiger partial charge in [0.2, 0.25) is 0 Å². The van der Waals surface area contributed by atoms with Crippen LogP contribution in [0, 0.1) is 23.7 Å². The lowest BCUT2D eigenvalue weighted by molar-refractivity contribution is -0.137. The summed E-state index contributed by atoms with van der Waals surface area (Å²) in [6.45, 7) is 2.32. The van der Waals surface area contributed by atoms with Crippen molar-refractivity contribution < 1.29 is 13.2 Å². The molecule has 0 aromatic heterocycles. The lowest BCUT2D eigenvalue weighted by atomic mass is 9.68. The van der Waals surface area contributed by atoms with E-state index in [-0.39, 0.29) is 0 Å². The second-order valence-corrected chi connectivity index (χ2v) is 10.7. The number of alkyl halides is 3. The van der Waals surface area contributed by atoms with Gasteiger partial charge in [-0.15, -0.1) is 0 Å². The number of hydrogen-bond donors (Lipinski definition) is 0. The first-order chi connectivity index (χ1) is 15.9. The average molecular weight is 457 g/mol. The molecule has 2 aromatic carbocycles. The number of aryl methyl sites for hydroxylation is 1. The minimum Gasteiger partial charge on any atom is -0.166 e. The van der Waals surface area contributed by atoms with Crippen molar-refractivity contribution in [2.75, 3.05) is 0 Å². The molecule has 2 saturated carbocycles. The van der Waals surface area contributed by atoms with Crippen LogP contribution in [-0.2, 0) is 12.6 Å². The van der Waals surface area contributed by atoms with Gasteiger partial charge < -0.3 is 0 Å². The summed E-state index contributed by atoms with van der Waals surface area (Å²) in [7, 11) is 0. The summed E-state index contributed by atoms with van der Waals surface area (Å²) < 4.78 is 38.3. The Hall–Kier alpha value is -1.77. The quantitative estimate of drug-likeness (QED) is 0.389. The third-order valence-electron chi connectivity index (χ3n) is 8.49. The summed E-state index contributed by atoms with van der Waals surface area (Å²) in [5.74, 6) is 3.84. The number of rotatable bonds is 7. The highest BCUT2D eigenvalue weighted by molar-refractivity contribution is 5.64. The van der Waals surface area contributed by atoms with Crippen LogP contribution < -0.4 is 0 Å². The molecule has 2 aliphatic carbocycles. The second kappa shape index (κ2) is 11.1. The van der Waals surface area contributed by atoms with Crippen molar-refractivity contribution in [2.24, 2.45) is 23.7 Å². The molecule has 0 amide bonds. The lowest BCUT2D eigenvalue weighted by Gasteiger charge is -2.38. The van der Waals surface area contributed by atoms with Gasteiger partial charge >= 0.3 is 6.18 Å². The van der Waals surface area contributed by atoms with E-state index in [2.05, 4.69) is 19.1 Å². The van der Waals surface area contributed by atoms with E-state index in [1.54, 1.807) is 12.1 Å². The SMILES string of the molecule is CCC[C@H]1CC[C@H](C2CCC(CCc3ccc(-c4ccc(C(F)(F)F)cc4)cc3)CC2)CC1. The molecule has 180 valence electrons. The van der Waals surface area contributed by atoms with E-state index in [4.69, 9.17) is 0 Å². The highest BCUT2D eigenvalue weighted by atomic mass is 19.4. The summed E-state index contributed by atoms with van der Waals surface area (Å²) in [6.07, 6.45) is 12.4. The summed E-state index contributed by atoms with van der Waals surface area (Å²) >= 11 is 0. The molecule has 0 atom stereocenters. The standard InChI is InChI=1S/C30H39F3/c1-2-3-22-6-12-25(13-7-22)26-14-8-23(9-15-26)4-5-24-10-16-27(17-11-24)28-18-20-29(21-19-28)30(31,32)33/h10-11,16-23,25-26H,2-9,12-15H2,1H3/t22-,23?,25-,26?. The fourth-order valence-corrected chi connectivity index (χ4v) is 6.39. The maximum absolute atomic E-state index is 12.8. The molecule has 0 N–H and O–H groups in total. The molecule has 0 heterocycles. The molecule has 0 nitrogen and oxygen atoms in total. The molecule has 0 spiro atoms. The van der Waals surface area contributed by atoms with Crippen LogP contribution in [0.1, 0.15) is 88.7 Å². The molecule has 3 heteroatoms. The molecular formula is C30H39F3. The zero-order valence-corrected chi connectivity index (χ0v) is 20.0. The topological polar surface area (TPSA) is 0 Å². The highest BCUT2D eigenvalue weighted by Crippen LogP contribution is 2.43. The van der Waals surface area contributed by atoms with Crippen molar-refractivity contribution in [1.82, 2.24) is 0 Å². The van der Waals surface area contributed by atoms with Gasteiger partial charge in [-0.3, -0.25) is 0 Å². The summed E-state index contributed by atoms with van der Waals surface area (Å²) in [5, 5.41) is 0. The predicted octanol–water partition coefficient (Wildman–Crippen LogP) is 9.72. The van der Waals surface area contributed by atoms with Crippen molar-refractivity contribution in [3.63, 3.8) is 0 Å². The molecule has 2 aliphatic rings. The van der Waals surface area contributed by atoms with Gasteiger partial charge in [0, 0.05) is 0 Å². The van der Waals surface area contributed by atoms with Crippen LogP contribution in [0.15, 0.2) is 48.5 Å². The Morgan fingerprint density at radius 3 is 1.55 bits per heavy atom. The van der Waals surface area contributed by atoms with Gasteiger partial charge in [0.1, 0.15) is 0 Å². The second-order valence-electron chi connectivity index (χ2n) is 10.7. The van der Waals surface area contributed by atoms with Crippen LogP contribution in [0.25, 0.3) is 11.1 Å². The maximum atomic E-state index is 12.8. The molecule has 0 unspecified atom stereocenters. The molecular weight excluding hydrogens is 417 g/mol. The van der Waals surface area contributed by atoms with Gasteiger partial charge in [-0.2, -0.15) is 13.2 Å². The van der Waals surface area contributed by atoms with E-state index < -0.39 is 11.7 Å². The smallest absolute Gasteiger partial charge is 0.166 e. The Morgan fingerprint density at radius 1 is 0.636 bits per heavy atom. The van der Waals surface area contributed by atoms with Gasteiger partial charge in [-0.05, 0) is 91.0 Å². The highest BCUT2D eigenvalue weighted by Gasteiger charge is 2.31. The van der Waals surface area contributed by atoms with Crippen LogP contribution in [0.3, 0.4) is 0 Å². The number of hydrogen-bond acceptors (Lipinski definition) is 0. The fraction of sp³-hybridized carbons (Fsp3) is 0.600. The van der Waals surface area contributed by atoms with Crippen LogP contribution in [-0.4, -0.2) is 0 Å². The van der Waals surface area contributed by atoms with Crippen molar-refractivity contribution in [3.05, 3.63) is 59.7 Å². The zero-order valence-electron chi connectivity index (χ0n) is 20.0. The molecule has 0 radical (unpaired) electrons. The molecule has 0 saturated heterocycles. The van der Waals surface area contributed by atoms with Crippen LogP contribution in [0.5, 0.6) is 0 Å². The largest absolute Gasteiger partial charge is 0.416 e. The average Bonchev–Trinajstić information content (AvgIpc) is 2.84. The molecule has 2 aromatic rings. The van der Waals surface area contributed by atoms with E-state index in [0.717, 1.165) is 53.4 Å². The minimum atomic E-state index is -4.28. The van der Waals surface area contributed by atoms with Crippen LogP contribution in [0.4, 0.5) is 13.2 Å². The van der Waals surface area contributed by atoms with E-state index in [1.807, 2.05) is 12.1 Å². The van der Waals surface area contributed by atoms with Crippen LogP contribution >= 0.6 is 0 Å². The first-order valence-electron chi connectivity index (χ1n) is 13.2. The molecule has 2 fully saturated rings. The molecule has 4 rings (SSSR count). The Morgan fingerprint density at radius 2 is 1.09 bits per heavy atom. The molecule has 33 heavy (non-hydrogen) atoms. The first-order valence-corrected chi connectivity index (χ1v) is 13.2. The number of benzene rings is 2. The summed E-state index contributed by atoms with van der Waals surface area (Å²) in [4.78, 5) is 0. The van der Waals surface area contributed by atoms with Gasteiger partial charge in [-0.25, -0.2) is 0 Å². The maximum Gasteiger partial charge on any atom is 0.416 e. The van der Waals surface area contributed by atoms with E-state index in [1.165, 1.54) is 76.2 Å². The van der Waals surface area contributed by atoms with Gasteiger partial charge in [0.05, 0.1) is 5.56 Å². The van der Waals surface area contributed by atoms with Gasteiger partial charge in [-0.1, -0.05) is 81.8 Å². The summed E-state index contributed by atoms with van der Waals surface area (Å²) in [6, 6.07) is 13.8. The summed E-state index contributed by atoms with van der Waals surface area (Å²) in [5.41, 5.74) is 2.54. The van der Waals surface area contributed by atoms with Crippen molar-refractivity contribution in [3.8, 4) is 11.1 Å². The van der Waals surface area contributed by atoms with Crippen LogP contribution in [0.2, 0.25) is 0 Å². The fourth-order valence-electron chi connectivity index (χ4n) is 6.39. The van der Waals surface area contributed by atoms with E-state index in [0.29, 0.717) is 0 Å². The normalized spacial score (nSPS) is 26.3. The van der Waals surface area contributed by atoms with Crippen molar-refractivity contribution in [1.29, 1.82) is 0 Å². The Balaban J connectivity index is 1.20. The third kappa shape index (κ3) is 6.64. The zero-order chi connectivity index (χ0) is 23.3. The first kappa shape index (κ1) is 24.4. The number of halogens is 3. The predicted molar refractivity (Wildman–Crippen MR) is 131 cm³/mol. The van der Waals surface area contributed by atoms with E-state index in [9.17, 15) is 13.2 Å². The third-order valence-corrected chi connectivity index (χ3v) is 8.49. The molecule has 0 aliphatic heterocycles. The lowest BCUT2D eigenvalue weighted by Crippen LogP contribution is -2.26. The van der Waals surface area contributed by atoms with Gasteiger partial charge in [0.25, 0.3) is 0 Å². The van der Waals surface area contributed by atoms with E-state index >= 15 is 0 Å². The Bertz CT molecular complexity index is 834. The van der Waals surface area contributed by atoms with Gasteiger partial charge in [0.15, 0.2) is 0 Å². The van der Waals surface area contributed by atoms with Crippen molar-refractivity contribution >= 4 is 0 Å².